The number of hydrogen-bond acceptors (Lipinski definition) is 4. The van der Waals surface area contributed by atoms with Crippen LogP contribution in [0.4, 0.5) is 0 Å². The number of aryl methyl sites for hydroxylation is 3. The molecule has 0 fully saturated rings. The van der Waals surface area contributed by atoms with Gasteiger partial charge in [0.2, 0.25) is 0 Å². The maximum atomic E-state index is 4.42. The zero-order chi connectivity index (χ0) is 14.4. The summed E-state index contributed by atoms with van der Waals surface area (Å²) in [6, 6.07) is 1.97. The van der Waals surface area contributed by atoms with Gasteiger partial charge in [0.15, 0.2) is 0 Å². The van der Waals surface area contributed by atoms with Crippen molar-refractivity contribution in [3.63, 3.8) is 0 Å². The highest BCUT2D eigenvalue weighted by molar-refractivity contribution is 5.19. The van der Waals surface area contributed by atoms with Gasteiger partial charge < -0.3 is 5.32 Å². The molecule has 2 rings (SSSR count). The van der Waals surface area contributed by atoms with Crippen LogP contribution in [0.25, 0.3) is 5.95 Å². The number of nitrogens with one attached hydrogen (secondary N) is 1. The molecule has 108 valence electrons. The Bertz CT molecular complexity index is 527. The second-order valence-electron chi connectivity index (χ2n) is 5.10. The number of nitrogens with zero attached hydrogens (tertiary/aromatic N) is 4. The van der Waals surface area contributed by atoms with Gasteiger partial charge in [-0.15, -0.1) is 0 Å². The van der Waals surface area contributed by atoms with Crippen LogP contribution in [0, 0.1) is 13.8 Å². The lowest BCUT2D eigenvalue weighted by atomic mass is 10.2. The van der Waals surface area contributed by atoms with E-state index in [0.717, 1.165) is 37.3 Å². The molecule has 0 saturated carbocycles. The highest BCUT2D eigenvalue weighted by Crippen LogP contribution is 2.07. The molecule has 0 spiro atoms. The summed E-state index contributed by atoms with van der Waals surface area (Å²) >= 11 is 0. The summed E-state index contributed by atoms with van der Waals surface area (Å²) in [5.41, 5.74) is 3.16. The van der Waals surface area contributed by atoms with Gasteiger partial charge in [0.05, 0.1) is 6.20 Å². The molecule has 1 N–H and O–H groups in total. The standard InChI is InChI=1S/C15H23N5/c1-4-7-16-8-5-6-14-10-17-20(11-14)15-18-12(2)9-13(3)19-15/h9-11,16H,4-8H2,1-3H3. The fourth-order valence-electron chi connectivity index (χ4n) is 2.13. The van der Waals surface area contributed by atoms with Gasteiger partial charge in [0.25, 0.3) is 5.95 Å². The van der Waals surface area contributed by atoms with E-state index in [1.54, 1.807) is 4.68 Å². The summed E-state index contributed by atoms with van der Waals surface area (Å²) in [5, 5.41) is 7.76. The molecule has 0 unspecified atom stereocenters. The van der Waals surface area contributed by atoms with E-state index in [9.17, 15) is 0 Å². The van der Waals surface area contributed by atoms with Crippen LogP contribution in [0.5, 0.6) is 0 Å². The van der Waals surface area contributed by atoms with Crippen LogP contribution in [-0.4, -0.2) is 32.8 Å². The van der Waals surface area contributed by atoms with E-state index in [0.29, 0.717) is 5.95 Å². The van der Waals surface area contributed by atoms with Crippen LogP contribution in [-0.2, 0) is 6.42 Å². The average molecular weight is 273 g/mol. The van der Waals surface area contributed by atoms with Crippen LogP contribution >= 0.6 is 0 Å². The summed E-state index contributed by atoms with van der Waals surface area (Å²) in [5.74, 6) is 0.651. The SMILES string of the molecule is CCCNCCCc1cnn(-c2nc(C)cc(C)n2)c1. The molecule has 0 aliphatic rings. The van der Waals surface area contributed by atoms with Crippen LogP contribution in [0.1, 0.15) is 36.7 Å². The molecule has 20 heavy (non-hydrogen) atoms. The van der Waals surface area contributed by atoms with Crippen molar-refractivity contribution >= 4 is 0 Å². The van der Waals surface area contributed by atoms with Crippen molar-refractivity contribution < 1.29 is 0 Å². The molecular weight excluding hydrogens is 250 g/mol. The van der Waals surface area contributed by atoms with Crippen LogP contribution in [0.3, 0.4) is 0 Å². The first kappa shape index (κ1) is 14.7. The highest BCUT2D eigenvalue weighted by Gasteiger charge is 2.05. The summed E-state index contributed by atoms with van der Waals surface area (Å²) in [6.07, 6.45) is 7.26. The molecule has 2 heterocycles. The zero-order valence-electron chi connectivity index (χ0n) is 12.6. The molecule has 0 amide bonds. The van der Waals surface area contributed by atoms with Gasteiger partial charge in [0, 0.05) is 17.6 Å². The Balaban J connectivity index is 1.94. The molecule has 0 aromatic carbocycles. The minimum absolute atomic E-state index is 0.651. The Kier molecular flexibility index (Phi) is 5.24. The first-order valence-electron chi connectivity index (χ1n) is 7.26. The van der Waals surface area contributed by atoms with Gasteiger partial charge in [-0.2, -0.15) is 5.10 Å². The normalized spacial score (nSPS) is 10.9. The smallest absolute Gasteiger partial charge is 0.250 e. The second kappa shape index (κ2) is 7.14. The van der Waals surface area contributed by atoms with Crippen molar-refractivity contribution in [3.05, 3.63) is 35.4 Å². The lowest BCUT2D eigenvalue weighted by molar-refractivity contribution is 0.640. The lowest BCUT2D eigenvalue weighted by Gasteiger charge is -2.02. The molecule has 0 aliphatic carbocycles. The third-order valence-electron chi connectivity index (χ3n) is 3.06. The molecule has 0 atom stereocenters. The Morgan fingerprint density at radius 1 is 1.15 bits per heavy atom. The van der Waals surface area contributed by atoms with Crippen LogP contribution in [0.2, 0.25) is 0 Å². The third kappa shape index (κ3) is 4.13. The van der Waals surface area contributed by atoms with Gasteiger partial charge >= 0.3 is 0 Å². The fourth-order valence-corrected chi connectivity index (χ4v) is 2.13. The second-order valence-corrected chi connectivity index (χ2v) is 5.10. The van der Waals surface area contributed by atoms with E-state index in [1.165, 1.54) is 12.0 Å². The summed E-state index contributed by atoms with van der Waals surface area (Å²) in [4.78, 5) is 8.83. The Morgan fingerprint density at radius 3 is 2.60 bits per heavy atom. The van der Waals surface area contributed by atoms with E-state index in [4.69, 9.17) is 0 Å². The monoisotopic (exact) mass is 273 g/mol. The summed E-state index contributed by atoms with van der Waals surface area (Å²) < 4.78 is 1.76. The molecular formula is C15H23N5. The number of aromatic nitrogens is 4. The van der Waals surface area contributed by atoms with Gasteiger partial charge in [-0.25, -0.2) is 14.6 Å². The number of hydrogen-bond donors (Lipinski definition) is 1. The first-order valence-corrected chi connectivity index (χ1v) is 7.26. The van der Waals surface area contributed by atoms with Crippen molar-refractivity contribution in [1.82, 2.24) is 25.1 Å². The average Bonchev–Trinajstić information content (AvgIpc) is 2.86. The van der Waals surface area contributed by atoms with E-state index >= 15 is 0 Å². The Hall–Kier alpha value is -1.75. The highest BCUT2D eigenvalue weighted by atomic mass is 15.3. The van der Waals surface area contributed by atoms with E-state index in [-0.39, 0.29) is 0 Å². The predicted molar refractivity (Wildman–Crippen MR) is 80.1 cm³/mol. The maximum absolute atomic E-state index is 4.42. The van der Waals surface area contributed by atoms with E-state index < -0.39 is 0 Å². The molecule has 0 aliphatic heterocycles. The fraction of sp³-hybridized carbons (Fsp3) is 0.533. The van der Waals surface area contributed by atoms with Crippen molar-refractivity contribution in [2.24, 2.45) is 0 Å². The molecule has 0 radical (unpaired) electrons. The van der Waals surface area contributed by atoms with Crippen molar-refractivity contribution in [2.75, 3.05) is 13.1 Å². The quantitative estimate of drug-likeness (QED) is 0.786. The topological polar surface area (TPSA) is 55.6 Å². The molecule has 2 aromatic rings. The molecule has 0 saturated heterocycles. The van der Waals surface area contributed by atoms with E-state index in [2.05, 4.69) is 27.3 Å². The Morgan fingerprint density at radius 2 is 1.90 bits per heavy atom. The lowest BCUT2D eigenvalue weighted by Crippen LogP contribution is -2.16. The van der Waals surface area contributed by atoms with E-state index in [1.807, 2.05) is 32.3 Å². The summed E-state index contributed by atoms with van der Waals surface area (Å²) in [6.45, 7) is 8.28. The van der Waals surface area contributed by atoms with Gasteiger partial charge in [-0.1, -0.05) is 6.92 Å². The first-order chi connectivity index (χ1) is 9.69. The van der Waals surface area contributed by atoms with Gasteiger partial charge in [-0.3, -0.25) is 0 Å². The molecule has 0 bridgehead atoms. The molecule has 2 aromatic heterocycles. The minimum atomic E-state index is 0.651. The maximum Gasteiger partial charge on any atom is 0.250 e. The van der Waals surface area contributed by atoms with Gasteiger partial charge in [-0.05, 0) is 57.8 Å². The number of rotatable bonds is 7. The third-order valence-corrected chi connectivity index (χ3v) is 3.06. The van der Waals surface area contributed by atoms with Crippen molar-refractivity contribution in [3.8, 4) is 5.95 Å². The predicted octanol–water partition coefficient (Wildman–Crippen LogP) is 2.21. The Labute approximate surface area is 120 Å². The van der Waals surface area contributed by atoms with Crippen molar-refractivity contribution in [2.45, 2.75) is 40.0 Å². The largest absolute Gasteiger partial charge is 0.317 e. The zero-order valence-corrected chi connectivity index (χ0v) is 12.6. The summed E-state index contributed by atoms with van der Waals surface area (Å²) in [7, 11) is 0. The molecule has 5 nitrogen and oxygen atoms in total. The van der Waals surface area contributed by atoms with Crippen LogP contribution in [0.15, 0.2) is 18.5 Å². The van der Waals surface area contributed by atoms with Gasteiger partial charge in [0.1, 0.15) is 0 Å². The molecule has 5 heteroatoms. The van der Waals surface area contributed by atoms with Crippen LogP contribution < -0.4 is 5.32 Å². The van der Waals surface area contributed by atoms with Crippen molar-refractivity contribution in [1.29, 1.82) is 0 Å². The minimum Gasteiger partial charge on any atom is -0.317 e.